The molecule has 1 aromatic carbocycles. The molecular weight excluding hydrogens is 330 g/mol. The molecule has 2 bridgehead atoms. The fourth-order valence-electron chi connectivity index (χ4n) is 3.29. The summed E-state index contributed by atoms with van der Waals surface area (Å²) in [5.74, 6) is 0. The molecule has 0 saturated carbocycles. The van der Waals surface area contributed by atoms with Crippen LogP contribution in [0, 0.1) is 10.1 Å². The van der Waals surface area contributed by atoms with Gasteiger partial charge in [-0.25, -0.2) is 13.1 Å². The second kappa shape index (κ2) is 5.77. The van der Waals surface area contributed by atoms with Crippen LogP contribution in [0.3, 0.4) is 0 Å². The second-order valence-corrected chi connectivity index (χ2v) is 7.92. The first-order valence-corrected chi connectivity index (χ1v) is 8.93. The first-order chi connectivity index (χ1) is 10.3. The molecule has 2 atom stereocenters. The molecule has 0 spiro atoms. The zero-order valence-corrected chi connectivity index (χ0v) is 13.2. The summed E-state index contributed by atoms with van der Waals surface area (Å²) in [6, 6.07) is 3.98. The molecule has 0 radical (unpaired) electrons. The van der Waals surface area contributed by atoms with Crippen molar-refractivity contribution in [2.45, 2.75) is 48.7 Å². The molecule has 0 amide bonds. The van der Waals surface area contributed by atoms with Crippen molar-refractivity contribution in [1.29, 1.82) is 0 Å². The van der Waals surface area contributed by atoms with Gasteiger partial charge >= 0.3 is 0 Å². The molecule has 2 saturated heterocycles. The van der Waals surface area contributed by atoms with Gasteiger partial charge in [-0.05, 0) is 37.8 Å². The summed E-state index contributed by atoms with van der Waals surface area (Å²) >= 11 is 5.80. The fraction of sp³-hybridized carbons (Fsp3) is 0.538. The lowest BCUT2D eigenvalue weighted by Gasteiger charge is -2.29. The number of nitrogens with zero attached hydrogens (tertiary/aromatic N) is 1. The highest BCUT2D eigenvalue weighted by Gasteiger charge is 2.36. The average molecular weight is 346 g/mol. The Morgan fingerprint density at radius 3 is 2.50 bits per heavy atom. The number of nitro groups is 1. The molecule has 2 N–H and O–H groups in total. The lowest BCUT2D eigenvalue weighted by Crippen LogP contribution is -2.47. The zero-order valence-electron chi connectivity index (χ0n) is 11.7. The summed E-state index contributed by atoms with van der Waals surface area (Å²) < 4.78 is 27.6. The summed E-state index contributed by atoms with van der Waals surface area (Å²) in [6.45, 7) is 0. The van der Waals surface area contributed by atoms with Gasteiger partial charge in [0.05, 0.1) is 4.92 Å². The predicted molar refractivity (Wildman–Crippen MR) is 81.4 cm³/mol. The Kier molecular flexibility index (Phi) is 4.11. The Bertz CT molecular complexity index is 697. The highest BCUT2D eigenvalue weighted by Crippen LogP contribution is 2.30. The van der Waals surface area contributed by atoms with Crippen LogP contribution in [0.25, 0.3) is 0 Å². The van der Waals surface area contributed by atoms with Gasteiger partial charge in [-0.1, -0.05) is 11.6 Å². The van der Waals surface area contributed by atoms with Gasteiger partial charge in [0.1, 0.15) is 0 Å². The molecular formula is C13H16ClN3O4S. The first kappa shape index (κ1) is 15.7. The van der Waals surface area contributed by atoms with Crippen molar-refractivity contribution in [3.05, 3.63) is 33.3 Å². The number of piperidine rings is 1. The minimum Gasteiger partial charge on any atom is -0.311 e. The topological polar surface area (TPSA) is 101 Å². The maximum absolute atomic E-state index is 12.5. The molecule has 120 valence electrons. The second-order valence-electron chi connectivity index (χ2n) is 5.80. The molecule has 2 heterocycles. The maximum Gasteiger partial charge on any atom is 0.289 e. The number of benzene rings is 1. The van der Waals surface area contributed by atoms with Crippen LogP contribution in [-0.4, -0.2) is 31.5 Å². The number of sulfonamides is 1. The molecule has 7 nitrogen and oxygen atoms in total. The van der Waals surface area contributed by atoms with Crippen molar-refractivity contribution in [2.24, 2.45) is 0 Å². The normalized spacial score (nSPS) is 27.8. The summed E-state index contributed by atoms with van der Waals surface area (Å²) in [4.78, 5) is 9.96. The SMILES string of the molecule is O=[N+]([O-])c1ccc(Cl)cc1S(=O)(=O)NC1CC2CCC(C1)N2. The van der Waals surface area contributed by atoms with Gasteiger partial charge in [0, 0.05) is 29.2 Å². The van der Waals surface area contributed by atoms with Gasteiger partial charge in [0.2, 0.25) is 10.0 Å². The molecule has 2 fully saturated rings. The van der Waals surface area contributed by atoms with Crippen LogP contribution in [0.4, 0.5) is 5.69 Å². The Balaban J connectivity index is 1.87. The summed E-state index contributed by atoms with van der Waals surface area (Å²) in [6.07, 6.45) is 3.48. The van der Waals surface area contributed by atoms with Gasteiger partial charge in [0.25, 0.3) is 5.69 Å². The third-order valence-electron chi connectivity index (χ3n) is 4.20. The maximum atomic E-state index is 12.5. The molecule has 0 aromatic heterocycles. The fourth-order valence-corrected chi connectivity index (χ4v) is 4.99. The van der Waals surface area contributed by atoms with E-state index in [1.165, 1.54) is 6.07 Å². The van der Waals surface area contributed by atoms with Crippen LogP contribution in [-0.2, 0) is 10.0 Å². The molecule has 2 aliphatic rings. The number of hydrogen-bond donors (Lipinski definition) is 2. The van der Waals surface area contributed by atoms with E-state index in [0.717, 1.165) is 25.0 Å². The van der Waals surface area contributed by atoms with Gasteiger partial charge in [-0.3, -0.25) is 10.1 Å². The quantitative estimate of drug-likeness (QED) is 0.640. The van der Waals surface area contributed by atoms with E-state index < -0.39 is 20.6 Å². The zero-order chi connectivity index (χ0) is 15.9. The third-order valence-corrected chi connectivity index (χ3v) is 5.99. The number of nitrogens with one attached hydrogen (secondary N) is 2. The molecule has 9 heteroatoms. The van der Waals surface area contributed by atoms with Crippen molar-refractivity contribution in [3.63, 3.8) is 0 Å². The van der Waals surface area contributed by atoms with E-state index >= 15 is 0 Å². The Morgan fingerprint density at radius 1 is 1.27 bits per heavy atom. The Morgan fingerprint density at radius 2 is 1.91 bits per heavy atom. The van der Waals surface area contributed by atoms with Gasteiger partial charge in [-0.15, -0.1) is 0 Å². The van der Waals surface area contributed by atoms with Crippen LogP contribution >= 0.6 is 11.6 Å². The predicted octanol–water partition coefficient (Wildman–Crippen LogP) is 1.81. The van der Waals surface area contributed by atoms with E-state index in [1.807, 2.05) is 0 Å². The van der Waals surface area contributed by atoms with E-state index in [1.54, 1.807) is 0 Å². The van der Waals surface area contributed by atoms with E-state index in [9.17, 15) is 18.5 Å². The summed E-state index contributed by atoms with van der Waals surface area (Å²) in [5, 5.41) is 14.6. The number of hydrogen-bond acceptors (Lipinski definition) is 5. The molecule has 3 rings (SSSR count). The van der Waals surface area contributed by atoms with Gasteiger partial charge < -0.3 is 5.32 Å². The van der Waals surface area contributed by atoms with Gasteiger partial charge in [0.15, 0.2) is 4.90 Å². The lowest BCUT2D eigenvalue weighted by molar-refractivity contribution is -0.387. The van der Waals surface area contributed by atoms with E-state index in [4.69, 9.17) is 11.6 Å². The Labute approximate surface area is 133 Å². The summed E-state index contributed by atoms with van der Waals surface area (Å²) in [5.41, 5.74) is -0.464. The molecule has 0 aliphatic carbocycles. The largest absolute Gasteiger partial charge is 0.311 e. The average Bonchev–Trinajstić information content (AvgIpc) is 2.77. The minimum absolute atomic E-state index is 0.149. The molecule has 22 heavy (non-hydrogen) atoms. The summed E-state index contributed by atoms with van der Waals surface area (Å²) in [7, 11) is -3.98. The number of rotatable bonds is 4. The van der Waals surface area contributed by atoms with Crippen LogP contribution < -0.4 is 10.0 Å². The lowest BCUT2D eigenvalue weighted by atomic mass is 10.0. The number of halogens is 1. The number of nitro benzene ring substituents is 1. The smallest absolute Gasteiger partial charge is 0.289 e. The van der Waals surface area contributed by atoms with Crippen LogP contribution in [0.5, 0.6) is 0 Å². The van der Waals surface area contributed by atoms with Crippen molar-refractivity contribution in [1.82, 2.24) is 10.0 Å². The molecule has 2 unspecified atom stereocenters. The number of fused-ring (bicyclic) bond motifs is 2. The van der Waals surface area contributed by atoms with Crippen molar-refractivity contribution in [2.75, 3.05) is 0 Å². The monoisotopic (exact) mass is 345 g/mol. The van der Waals surface area contributed by atoms with Crippen LogP contribution in [0.15, 0.2) is 23.1 Å². The van der Waals surface area contributed by atoms with Crippen molar-refractivity contribution in [3.8, 4) is 0 Å². The van der Waals surface area contributed by atoms with Crippen LogP contribution in [0.1, 0.15) is 25.7 Å². The molecule has 2 aliphatic heterocycles. The first-order valence-electron chi connectivity index (χ1n) is 7.07. The van der Waals surface area contributed by atoms with E-state index in [-0.39, 0.29) is 16.0 Å². The van der Waals surface area contributed by atoms with Gasteiger partial charge in [-0.2, -0.15) is 0 Å². The third kappa shape index (κ3) is 3.10. The van der Waals surface area contributed by atoms with Crippen LogP contribution in [0.2, 0.25) is 5.02 Å². The highest BCUT2D eigenvalue weighted by atomic mass is 35.5. The highest BCUT2D eigenvalue weighted by molar-refractivity contribution is 7.89. The van der Waals surface area contributed by atoms with Crippen molar-refractivity contribution < 1.29 is 13.3 Å². The van der Waals surface area contributed by atoms with E-state index in [2.05, 4.69) is 10.0 Å². The van der Waals surface area contributed by atoms with E-state index in [0.29, 0.717) is 24.9 Å². The Hall–Kier alpha value is -1.22. The standard InChI is InChI=1S/C13H16ClN3O4S/c14-8-1-4-12(17(18)19)13(5-8)22(20,21)16-11-6-9-2-3-10(7-11)15-9/h1,4-5,9-11,15-16H,2-3,6-7H2. The molecule has 1 aromatic rings. The minimum atomic E-state index is -3.98. The van der Waals surface area contributed by atoms with Crippen molar-refractivity contribution >= 4 is 27.3 Å².